The number of carbonyl (C=O) groups excluding carboxylic acids is 1. The van der Waals surface area contributed by atoms with Crippen LogP contribution in [0.5, 0.6) is 5.88 Å². The summed E-state index contributed by atoms with van der Waals surface area (Å²) >= 11 is 0. The normalized spacial score (nSPS) is 17.1. The van der Waals surface area contributed by atoms with Gasteiger partial charge in [0.15, 0.2) is 0 Å². The summed E-state index contributed by atoms with van der Waals surface area (Å²) in [4.78, 5) is 23.5. The molecule has 8 heteroatoms. The molecule has 3 aromatic rings. The van der Waals surface area contributed by atoms with Crippen molar-refractivity contribution in [2.75, 3.05) is 43.6 Å². The van der Waals surface area contributed by atoms with E-state index in [1.807, 2.05) is 36.4 Å². The Bertz CT molecular complexity index is 1170. The molecule has 1 fully saturated rings. The Morgan fingerprint density at radius 3 is 2.70 bits per heavy atom. The van der Waals surface area contributed by atoms with Crippen molar-refractivity contribution < 1.29 is 14.3 Å². The van der Waals surface area contributed by atoms with Gasteiger partial charge >= 0.3 is 0 Å². The predicted octanol–water partition coefficient (Wildman–Crippen LogP) is 3.55. The lowest BCUT2D eigenvalue weighted by Gasteiger charge is -2.29. The highest BCUT2D eigenvalue weighted by Gasteiger charge is 2.23. The molecule has 0 spiro atoms. The van der Waals surface area contributed by atoms with Gasteiger partial charge in [0, 0.05) is 36.1 Å². The van der Waals surface area contributed by atoms with E-state index in [1.54, 1.807) is 19.4 Å². The van der Waals surface area contributed by atoms with Crippen molar-refractivity contribution in [3.05, 3.63) is 65.9 Å². The van der Waals surface area contributed by atoms with Crippen LogP contribution in [0.4, 0.5) is 17.2 Å². The maximum Gasteiger partial charge on any atom is 0.213 e. The summed E-state index contributed by atoms with van der Waals surface area (Å²) in [6.07, 6.45) is 4.61. The maximum atomic E-state index is 11.8. The number of nitrogens with zero attached hydrogens (tertiary/aromatic N) is 3. The van der Waals surface area contributed by atoms with Crippen LogP contribution in [0.1, 0.15) is 17.2 Å². The number of hydrogen-bond donors (Lipinski definition) is 2. The number of morpholine rings is 1. The molecule has 2 aliphatic heterocycles. The average molecular weight is 444 g/mol. The second-order valence-corrected chi connectivity index (χ2v) is 7.81. The number of pyridine rings is 2. The number of hydrogen-bond acceptors (Lipinski definition) is 8. The standard InChI is InChI=1S/C25H25N5O3/c1-32-23-4-2-3-20(28-23)21-15-17-9-10-26-22(16-31)24(17)25(29-21)27-18-5-7-19(8-6-18)30-11-13-33-14-12-30/h2-10,15-16,22,26H,11-14H2,1H3,(H,27,29). The smallest absolute Gasteiger partial charge is 0.213 e. The molecule has 0 bridgehead atoms. The Hall–Kier alpha value is -3.91. The van der Waals surface area contributed by atoms with E-state index in [-0.39, 0.29) is 0 Å². The van der Waals surface area contributed by atoms with Gasteiger partial charge in [0.05, 0.1) is 31.7 Å². The number of aldehydes is 1. The molecular formula is C25H25N5O3. The monoisotopic (exact) mass is 443 g/mol. The Morgan fingerprint density at radius 2 is 1.94 bits per heavy atom. The number of carbonyl (C=O) groups is 1. The predicted molar refractivity (Wildman–Crippen MR) is 128 cm³/mol. The zero-order valence-electron chi connectivity index (χ0n) is 18.3. The van der Waals surface area contributed by atoms with Gasteiger partial charge in [-0.15, -0.1) is 0 Å². The van der Waals surface area contributed by atoms with Gasteiger partial charge in [-0.3, -0.25) is 0 Å². The van der Waals surface area contributed by atoms with Gasteiger partial charge in [-0.25, -0.2) is 9.97 Å². The third-order valence-electron chi connectivity index (χ3n) is 5.78. The van der Waals surface area contributed by atoms with Crippen molar-refractivity contribution >= 4 is 29.6 Å². The second kappa shape index (κ2) is 9.30. The molecule has 2 aliphatic rings. The van der Waals surface area contributed by atoms with Gasteiger partial charge in [-0.05, 0) is 54.2 Å². The van der Waals surface area contributed by atoms with Gasteiger partial charge in [0.25, 0.3) is 0 Å². The number of rotatable bonds is 6. The Morgan fingerprint density at radius 1 is 1.12 bits per heavy atom. The van der Waals surface area contributed by atoms with Crippen molar-refractivity contribution in [2.45, 2.75) is 6.04 Å². The first-order valence-electron chi connectivity index (χ1n) is 10.9. The number of ether oxygens (including phenoxy) is 2. The van der Waals surface area contributed by atoms with E-state index in [9.17, 15) is 4.79 Å². The van der Waals surface area contributed by atoms with Crippen LogP contribution in [0, 0.1) is 0 Å². The van der Waals surface area contributed by atoms with E-state index in [1.165, 1.54) is 0 Å². The highest BCUT2D eigenvalue weighted by atomic mass is 16.5. The third-order valence-corrected chi connectivity index (χ3v) is 5.78. The zero-order valence-corrected chi connectivity index (χ0v) is 18.3. The first-order chi connectivity index (χ1) is 16.2. The average Bonchev–Trinajstić information content (AvgIpc) is 2.89. The van der Waals surface area contributed by atoms with Gasteiger partial charge in [-0.1, -0.05) is 6.07 Å². The molecule has 1 unspecified atom stereocenters. The fraction of sp³-hybridized carbons (Fsp3) is 0.240. The largest absolute Gasteiger partial charge is 0.481 e. The van der Waals surface area contributed by atoms with Crippen LogP contribution in [0.3, 0.4) is 0 Å². The van der Waals surface area contributed by atoms with Crippen molar-refractivity contribution in [2.24, 2.45) is 0 Å². The third kappa shape index (κ3) is 4.38. The lowest BCUT2D eigenvalue weighted by molar-refractivity contribution is -0.109. The molecule has 4 heterocycles. The minimum absolute atomic E-state index is 0.486. The quantitative estimate of drug-likeness (QED) is 0.560. The number of aromatic nitrogens is 2. The zero-order chi connectivity index (χ0) is 22.6. The highest BCUT2D eigenvalue weighted by molar-refractivity contribution is 5.79. The molecule has 33 heavy (non-hydrogen) atoms. The number of benzene rings is 1. The van der Waals surface area contributed by atoms with E-state index < -0.39 is 6.04 Å². The minimum atomic E-state index is -0.486. The summed E-state index contributed by atoms with van der Waals surface area (Å²) in [6.45, 7) is 3.26. The maximum absolute atomic E-state index is 11.8. The molecule has 168 valence electrons. The van der Waals surface area contributed by atoms with E-state index >= 15 is 0 Å². The van der Waals surface area contributed by atoms with Crippen LogP contribution in [0.15, 0.2) is 54.7 Å². The number of anilines is 3. The van der Waals surface area contributed by atoms with Crippen molar-refractivity contribution in [3.8, 4) is 17.3 Å². The molecule has 2 N–H and O–H groups in total. The molecule has 1 saturated heterocycles. The van der Waals surface area contributed by atoms with Crippen LogP contribution < -0.4 is 20.3 Å². The summed E-state index contributed by atoms with van der Waals surface area (Å²) in [5.74, 6) is 1.13. The topological polar surface area (TPSA) is 88.6 Å². The molecule has 0 aliphatic carbocycles. The summed E-state index contributed by atoms with van der Waals surface area (Å²) in [7, 11) is 1.59. The highest BCUT2D eigenvalue weighted by Crippen LogP contribution is 2.34. The molecule has 2 aromatic heterocycles. The van der Waals surface area contributed by atoms with Crippen LogP contribution in [0.25, 0.3) is 17.5 Å². The van der Waals surface area contributed by atoms with Crippen molar-refractivity contribution in [1.29, 1.82) is 0 Å². The van der Waals surface area contributed by atoms with E-state index in [0.717, 1.165) is 55.1 Å². The second-order valence-electron chi connectivity index (χ2n) is 7.81. The molecule has 1 atom stereocenters. The van der Waals surface area contributed by atoms with E-state index in [2.05, 4.69) is 32.7 Å². The van der Waals surface area contributed by atoms with Gasteiger partial charge in [-0.2, -0.15) is 0 Å². The lowest BCUT2D eigenvalue weighted by Crippen LogP contribution is -2.36. The molecule has 0 radical (unpaired) electrons. The molecular weight excluding hydrogens is 418 g/mol. The molecule has 8 nitrogen and oxygen atoms in total. The number of nitrogens with one attached hydrogen (secondary N) is 2. The van der Waals surface area contributed by atoms with Crippen LogP contribution in [-0.4, -0.2) is 49.7 Å². The van der Waals surface area contributed by atoms with Crippen LogP contribution >= 0.6 is 0 Å². The fourth-order valence-electron chi connectivity index (χ4n) is 4.08. The van der Waals surface area contributed by atoms with Gasteiger partial charge < -0.3 is 29.8 Å². The Balaban J connectivity index is 1.51. The molecule has 0 saturated carbocycles. The molecule has 5 rings (SSSR count). The Labute approximate surface area is 192 Å². The fourth-order valence-corrected chi connectivity index (χ4v) is 4.08. The van der Waals surface area contributed by atoms with Crippen LogP contribution in [0.2, 0.25) is 0 Å². The first kappa shape index (κ1) is 21.0. The summed E-state index contributed by atoms with van der Waals surface area (Å²) in [6, 6.07) is 15.2. The molecule has 1 aromatic carbocycles. The number of fused-ring (bicyclic) bond motifs is 1. The minimum Gasteiger partial charge on any atom is -0.481 e. The van der Waals surface area contributed by atoms with Crippen molar-refractivity contribution in [1.82, 2.24) is 15.3 Å². The van der Waals surface area contributed by atoms with Crippen molar-refractivity contribution in [3.63, 3.8) is 0 Å². The lowest BCUT2D eigenvalue weighted by atomic mass is 9.97. The summed E-state index contributed by atoms with van der Waals surface area (Å²) in [5, 5.41) is 6.52. The van der Waals surface area contributed by atoms with Crippen LogP contribution in [-0.2, 0) is 9.53 Å². The number of methoxy groups -OCH3 is 1. The van der Waals surface area contributed by atoms with Gasteiger partial charge in [0.2, 0.25) is 5.88 Å². The first-order valence-corrected chi connectivity index (χ1v) is 10.9. The van der Waals surface area contributed by atoms with Gasteiger partial charge in [0.1, 0.15) is 18.1 Å². The van der Waals surface area contributed by atoms with E-state index in [4.69, 9.17) is 14.5 Å². The Kier molecular flexibility index (Phi) is 5.91. The summed E-state index contributed by atoms with van der Waals surface area (Å²) in [5.41, 5.74) is 5.14. The molecule has 0 amide bonds. The van der Waals surface area contributed by atoms with E-state index in [0.29, 0.717) is 23.1 Å². The summed E-state index contributed by atoms with van der Waals surface area (Å²) < 4.78 is 10.7. The SMILES string of the molecule is COc1cccc(-c2cc3c(c(Nc4ccc(N5CCOCC5)cc4)n2)C(C=O)NC=C3)n1.